The molecule has 0 unspecified atom stereocenters. The number of benzene rings is 1. The number of ketones is 1. The average Bonchev–Trinajstić information content (AvgIpc) is 3.10. The standard InChI is InChI=1S/C24H29N5O6S/c1-5-27-11-12-28(21(34)20(27)33)23(35)26-15(14-9-7-6-8-10-14)18(31)25-16-19(32)29-17(13(2)30)24(3,4)36-22(16)29/h6-10,15-17,22H,5,11-12H2,1-4H3,(H,25,31)(H,26,35)/t15-,16-,17+,22-/m1/s1. The minimum absolute atomic E-state index is 0.00365. The van der Waals surface area contributed by atoms with Gasteiger partial charge in [-0.05, 0) is 33.3 Å². The van der Waals surface area contributed by atoms with E-state index in [0.717, 1.165) is 4.90 Å². The lowest BCUT2D eigenvalue weighted by Gasteiger charge is -2.44. The minimum atomic E-state index is -1.21. The van der Waals surface area contributed by atoms with Crippen molar-refractivity contribution in [3.63, 3.8) is 0 Å². The van der Waals surface area contributed by atoms with Crippen molar-refractivity contribution in [2.45, 2.75) is 55.9 Å². The first-order valence-electron chi connectivity index (χ1n) is 11.7. The molecule has 192 valence electrons. The van der Waals surface area contributed by atoms with Crippen LogP contribution in [0.25, 0.3) is 0 Å². The Labute approximate surface area is 212 Å². The van der Waals surface area contributed by atoms with E-state index in [1.807, 2.05) is 13.8 Å². The molecule has 6 amide bonds. The zero-order valence-corrected chi connectivity index (χ0v) is 21.3. The van der Waals surface area contributed by atoms with Gasteiger partial charge in [0, 0.05) is 24.4 Å². The fraction of sp³-hybridized carbons (Fsp3) is 0.500. The van der Waals surface area contributed by atoms with Crippen LogP contribution in [0, 0.1) is 0 Å². The smallest absolute Gasteiger partial charge is 0.325 e. The molecule has 0 saturated carbocycles. The van der Waals surface area contributed by atoms with Gasteiger partial charge in [-0.1, -0.05) is 30.3 Å². The second kappa shape index (κ2) is 9.57. The van der Waals surface area contributed by atoms with Crippen molar-refractivity contribution in [1.29, 1.82) is 0 Å². The largest absolute Gasteiger partial charge is 0.340 e. The van der Waals surface area contributed by atoms with Gasteiger partial charge >= 0.3 is 17.8 Å². The summed E-state index contributed by atoms with van der Waals surface area (Å²) in [5.41, 5.74) is 0.443. The van der Waals surface area contributed by atoms with Gasteiger partial charge in [0.25, 0.3) is 0 Å². The number of thioether (sulfide) groups is 1. The SMILES string of the molecule is CCN1CCN(C(=O)N[C@@H](C(=O)N[C@@H]2C(=O)N3[C@@H]2SC(C)(C)[C@@H]3C(C)=O)c2ccccc2)C(=O)C1=O. The van der Waals surface area contributed by atoms with Gasteiger partial charge in [-0.3, -0.25) is 28.9 Å². The normalized spacial score (nSPS) is 25.7. The maximum atomic E-state index is 13.4. The van der Waals surface area contributed by atoms with E-state index < -0.39 is 52.0 Å². The van der Waals surface area contributed by atoms with Crippen LogP contribution in [0.3, 0.4) is 0 Å². The van der Waals surface area contributed by atoms with Crippen LogP contribution in [-0.2, 0) is 24.0 Å². The molecule has 0 bridgehead atoms. The van der Waals surface area contributed by atoms with E-state index in [2.05, 4.69) is 10.6 Å². The third-order valence-electron chi connectivity index (χ3n) is 6.72. The number of β-lactam (4-membered cyclic amide) rings is 1. The van der Waals surface area contributed by atoms with Crippen molar-refractivity contribution in [1.82, 2.24) is 25.3 Å². The van der Waals surface area contributed by atoms with Crippen molar-refractivity contribution in [3.05, 3.63) is 35.9 Å². The van der Waals surface area contributed by atoms with Gasteiger partial charge in [0.15, 0.2) is 5.78 Å². The molecular formula is C24H29N5O6S. The summed E-state index contributed by atoms with van der Waals surface area (Å²) in [7, 11) is 0. The van der Waals surface area contributed by atoms with Gasteiger partial charge in [0.1, 0.15) is 23.5 Å². The van der Waals surface area contributed by atoms with Gasteiger partial charge in [0.05, 0.1) is 0 Å². The summed E-state index contributed by atoms with van der Waals surface area (Å²) in [4.78, 5) is 79.8. The number of fused-ring (bicyclic) bond motifs is 1. The Kier molecular flexibility index (Phi) is 6.82. The summed E-state index contributed by atoms with van der Waals surface area (Å²) in [6.07, 6.45) is 0. The van der Waals surface area contributed by atoms with Gasteiger partial charge in [-0.25, -0.2) is 4.79 Å². The number of imide groups is 1. The number of carbonyl (C=O) groups is 6. The van der Waals surface area contributed by atoms with E-state index in [4.69, 9.17) is 0 Å². The Morgan fingerprint density at radius 3 is 2.36 bits per heavy atom. The van der Waals surface area contributed by atoms with Crippen LogP contribution in [0.1, 0.15) is 39.3 Å². The van der Waals surface area contributed by atoms with E-state index in [1.54, 1.807) is 37.3 Å². The van der Waals surface area contributed by atoms with Crippen molar-refractivity contribution < 1.29 is 28.8 Å². The maximum absolute atomic E-state index is 13.4. The number of rotatable bonds is 6. The summed E-state index contributed by atoms with van der Waals surface area (Å²) < 4.78 is -0.508. The Hall–Kier alpha value is -3.41. The Balaban J connectivity index is 1.51. The van der Waals surface area contributed by atoms with E-state index in [0.29, 0.717) is 12.1 Å². The molecule has 1 aromatic rings. The molecule has 1 aromatic carbocycles. The molecule has 0 aromatic heterocycles. The number of piperazine rings is 1. The second-order valence-electron chi connectivity index (χ2n) is 9.49. The predicted molar refractivity (Wildman–Crippen MR) is 130 cm³/mol. The topological polar surface area (TPSA) is 136 Å². The van der Waals surface area contributed by atoms with E-state index in [1.165, 1.54) is 28.5 Å². The summed E-state index contributed by atoms with van der Waals surface area (Å²) in [6, 6.07) is 4.89. The first-order chi connectivity index (χ1) is 17.0. The highest BCUT2D eigenvalue weighted by molar-refractivity contribution is 8.01. The average molecular weight is 516 g/mol. The Bertz CT molecular complexity index is 1130. The second-order valence-corrected chi connectivity index (χ2v) is 11.3. The van der Waals surface area contributed by atoms with Gasteiger partial charge < -0.3 is 20.4 Å². The monoisotopic (exact) mass is 515 g/mol. The summed E-state index contributed by atoms with van der Waals surface area (Å²) in [5.74, 6) is -2.85. The Morgan fingerprint density at radius 1 is 1.08 bits per heavy atom. The molecule has 4 rings (SSSR count). The van der Waals surface area contributed by atoms with Crippen LogP contribution >= 0.6 is 11.8 Å². The third kappa shape index (κ3) is 4.34. The molecule has 3 heterocycles. The highest BCUT2D eigenvalue weighted by Gasteiger charge is 2.63. The van der Waals surface area contributed by atoms with E-state index in [9.17, 15) is 28.8 Å². The summed E-state index contributed by atoms with van der Waals surface area (Å²) in [5, 5.41) is 4.87. The van der Waals surface area contributed by atoms with E-state index in [-0.39, 0.29) is 24.8 Å². The van der Waals surface area contributed by atoms with Crippen LogP contribution in [0.2, 0.25) is 0 Å². The molecular weight excluding hydrogens is 486 g/mol. The highest BCUT2D eigenvalue weighted by Crippen LogP contribution is 2.51. The molecule has 3 aliphatic rings. The van der Waals surface area contributed by atoms with Crippen LogP contribution in [-0.4, -0.2) is 92.0 Å². The number of Topliss-reactive ketones (excluding diaryl/α,β-unsaturated/α-hetero) is 1. The number of nitrogens with one attached hydrogen (secondary N) is 2. The van der Waals surface area contributed by atoms with Crippen molar-refractivity contribution in [2.24, 2.45) is 0 Å². The van der Waals surface area contributed by atoms with Crippen molar-refractivity contribution >= 4 is 47.2 Å². The molecule has 36 heavy (non-hydrogen) atoms. The molecule has 3 saturated heterocycles. The molecule has 11 nitrogen and oxygen atoms in total. The quantitative estimate of drug-likeness (QED) is 0.410. The predicted octanol–water partition coefficient (Wildman–Crippen LogP) is 0.264. The molecule has 4 atom stereocenters. The van der Waals surface area contributed by atoms with Crippen molar-refractivity contribution in [2.75, 3.05) is 19.6 Å². The van der Waals surface area contributed by atoms with Crippen LogP contribution in [0.5, 0.6) is 0 Å². The highest BCUT2D eigenvalue weighted by atomic mass is 32.2. The lowest BCUT2D eigenvalue weighted by Crippen LogP contribution is -2.71. The number of hydrogen-bond donors (Lipinski definition) is 2. The molecule has 0 spiro atoms. The summed E-state index contributed by atoms with van der Waals surface area (Å²) >= 11 is 1.44. The van der Waals surface area contributed by atoms with Gasteiger partial charge in [-0.2, -0.15) is 0 Å². The number of nitrogens with zero attached hydrogens (tertiary/aromatic N) is 3. The number of likely N-dealkylation sites (N-methyl/N-ethyl adjacent to an activating group) is 1. The van der Waals surface area contributed by atoms with Crippen molar-refractivity contribution in [3.8, 4) is 0 Å². The van der Waals surface area contributed by atoms with Crippen LogP contribution in [0.4, 0.5) is 4.79 Å². The molecule has 3 fully saturated rings. The third-order valence-corrected chi connectivity index (χ3v) is 8.29. The van der Waals surface area contributed by atoms with Crippen LogP contribution in [0.15, 0.2) is 30.3 Å². The first kappa shape index (κ1) is 25.7. The number of carbonyl (C=O) groups excluding carboxylic acids is 6. The first-order valence-corrected chi connectivity index (χ1v) is 12.6. The van der Waals surface area contributed by atoms with E-state index >= 15 is 0 Å². The lowest BCUT2D eigenvalue weighted by atomic mass is 9.93. The number of amides is 6. The number of hydrogen-bond acceptors (Lipinski definition) is 7. The minimum Gasteiger partial charge on any atom is -0.340 e. The molecule has 12 heteroatoms. The molecule has 0 radical (unpaired) electrons. The molecule has 3 aliphatic heterocycles. The molecule has 2 N–H and O–H groups in total. The zero-order chi connectivity index (χ0) is 26.4. The summed E-state index contributed by atoms with van der Waals surface area (Å²) in [6.45, 7) is 7.51. The fourth-order valence-corrected chi connectivity index (χ4v) is 6.66. The Morgan fingerprint density at radius 2 is 1.75 bits per heavy atom. The molecule has 0 aliphatic carbocycles. The number of urea groups is 1. The fourth-order valence-electron chi connectivity index (χ4n) is 4.97. The maximum Gasteiger partial charge on any atom is 0.325 e. The van der Waals surface area contributed by atoms with Crippen LogP contribution < -0.4 is 10.6 Å². The zero-order valence-electron chi connectivity index (χ0n) is 20.5. The van der Waals surface area contributed by atoms with Gasteiger partial charge in [-0.15, -0.1) is 11.8 Å². The van der Waals surface area contributed by atoms with Gasteiger partial charge in [0.2, 0.25) is 11.8 Å². The lowest BCUT2D eigenvalue weighted by molar-refractivity contribution is -0.154.